The van der Waals surface area contributed by atoms with Gasteiger partial charge in [-0.3, -0.25) is 14.8 Å². The maximum Gasteiger partial charge on any atom is 0.304 e. The van der Waals surface area contributed by atoms with Gasteiger partial charge in [0.15, 0.2) is 0 Å². The zero-order valence-corrected chi connectivity index (χ0v) is 22.8. The van der Waals surface area contributed by atoms with E-state index in [-0.39, 0.29) is 12.5 Å². The standard InChI is InChI=1S/C28H44N4O5/c1-5-20(6-2)19-32-23(27-24(36-3)11-10-12-25(27)37-4)18-22(30-32)28(35)29-21(17-26(33)34)13-16-31-14-8-7-9-15-31/h10-12,18,20-21,28-29,35H,5-9,13-17,19H2,1-4H3,(H,33,34)/t21-,28?/m0/s1. The van der Waals surface area contributed by atoms with Crippen molar-refractivity contribution in [3.63, 3.8) is 0 Å². The molecule has 0 spiro atoms. The number of piperidine rings is 1. The quantitative estimate of drug-likeness (QED) is 0.301. The summed E-state index contributed by atoms with van der Waals surface area (Å²) in [6.07, 6.45) is 5.11. The average Bonchev–Trinajstić information content (AvgIpc) is 3.33. The van der Waals surface area contributed by atoms with E-state index in [2.05, 4.69) is 24.1 Å². The minimum Gasteiger partial charge on any atom is -0.496 e. The molecule has 0 saturated carbocycles. The molecule has 1 aromatic carbocycles. The Kier molecular flexibility index (Phi) is 11.2. The molecule has 37 heavy (non-hydrogen) atoms. The Balaban J connectivity index is 1.88. The number of carboxylic acids is 1. The highest BCUT2D eigenvalue weighted by Gasteiger charge is 2.25. The number of aromatic nitrogens is 2. The maximum absolute atomic E-state index is 11.6. The summed E-state index contributed by atoms with van der Waals surface area (Å²) in [7, 11) is 3.24. The van der Waals surface area contributed by atoms with Crippen molar-refractivity contribution in [2.24, 2.45) is 5.92 Å². The van der Waals surface area contributed by atoms with Crippen molar-refractivity contribution in [3.05, 3.63) is 30.0 Å². The number of nitrogens with one attached hydrogen (secondary N) is 1. The van der Waals surface area contributed by atoms with Crippen LogP contribution < -0.4 is 14.8 Å². The van der Waals surface area contributed by atoms with E-state index in [0.717, 1.165) is 43.7 Å². The molecule has 3 rings (SSSR count). The van der Waals surface area contributed by atoms with Gasteiger partial charge in [0.25, 0.3) is 0 Å². The molecule has 1 saturated heterocycles. The Bertz CT molecular complexity index is 963. The number of benzene rings is 1. The first-order valence-corrected chi connectivity index (χ1v) is 13.6. The normalized spacial score (nSPS) is 16.1. The van der Waals surface area contributed by atoms with Gasteiger partial charge in [-0.25, -0.2) is 0 Å². The van der Waals surface area contributed by atoms with E-state index in [9.17, 15) is 15.0 Å². The van der Waals surface area contributed by atoms with Gasteiger partial charge in [0.05, 0.1) is 31.9 Å². The van der Waals surface area contributed by atoms with E-state index in [1.54, 1.807) is 14.2 Å². The topological polar surface area (TPSA) is 109 Å². The molecule has 0 aliphatic carbocycles. The zero-order chi connectivity index (χ0) is 26.8. The molecule has 206 valence electrons. The van der Waals surface area contributed by atoms with E-state index >= 15 is 0 Å². The summed E-state index contributed by atoms with van der Waals surface area (Å²) in [5, 5.41) is 28.6. The van der Waals surface area contributed by atoms with E-state index in [1.165, 1.54) is 19.3 Å². The van der Waals surface area contributed by atoms with Crippen molar-refractivity contribution in [1.82, 2.24) is 20.0 Å². The van der Waals surface area contributed by atoms with E-state index in [1.807, 2.05) is 28.9 Å². The lowest BCUT2D eigenvalue weighted by atomic mass is 10.0. The van der Waals surface area contributed by atoms with E-state index in [4.69, 9.17) is 14.6 Å². The number of aliphatic hydroxyl groups excluding tert-OH is 1. The molecule has 2 heterocycles. The third-order valence-electron chi connectivity index (χ3n) is 7.41. The van der Waals surface area contributed by atoms with Crippen LogP contribution in [0.25, 0.3) is 11.3 Å². The largest absolute Gasteiger partial charge is 0.496 e. The zero-order valence-electron chi connectivity index (χ0n) is 22.8. The van der Waals surface area contributed by atoms with Crippen LogP contribution >= 0.6 is 0 Å². The molecule has 2 atom stereocenters. The molecule has 1 aliphatic rings. The Morgan fingerprint density at radius 1 is 1.11 bits per heavy atom. The Labute approximate surface area is 220 Å². The average molecular weight is 517 g/mol. The monoisotopic (exact) mass is 516 g/mol. The molecule has 1 unspecified atom stereocenters. The van der Waals surface area contributed by atoms with E-state index < -0.39 is 12.2 Å². The summed E-state index contributed by atoms with van der Waals surface area (Å²) < 4.78 is 13.2. The summed E-state index contributed by atoms with van der Waals surface area (Å²) in [6.45, 7) is 7.92. The first-order valence-electron chi connectivity index (χ1n) is 13.6. The van der Waals surface area contributed by atoms with Crippen LogP contribution in [0.4, 0.5) is 0 Å². The van der Waals surface area contributed by atoms with Crippen LogP contribution in [0.5, 0.6) is 11.5 Å². The van der Waals surface area contributed by atoms with Gasteiger partial charge < -0.3 is 24.6 Å². The summed E-state index contributed by atoms with van der Waals surface area (Å²) in [5.41, 5.74) is 2.01. The highest BCUT2D eigenvalue weighted by molar-refractivity contribution is 5.75. The Morgan fingerprint density at radius 3 is 2.32 bits per heavy atom. The van der Waals surface area contributed by atoms with Gasteiger partial charge >= 0.3 is 5.97 Å². The first kappa shape index (κ1) is 28.9. The second-order valence-corrected chi connectivity index (χ2v) is 9.91. The molecular weight excluding hydrogens is 472 g/mol. The number of hydrogen-bond acceptors (Lipinski definition) is 7. The van der Waals surface area contributed by atoms with Crippen LogP contribution in [-0.2, 0) is 11.3 Å². The fourth-order valence-electron chi connectivity index (χ4n) is 5.09. The number of carbonyl (C=O) groups is 1. The highest BCUT2D eigenvalue weighted by atomic mass is 16.5. The second kappa shape index (κ2) is 14.4. The van der Waals surface area contributed by atoms with Gasteiger partial charge in [-0.15, -0.1) is 0 Å². The first-order chi connectivity index (χ1) is 17.9. The van der Waals surface area contributed by atoms with Crippen LogP contribution in [0, 0.1) is 5.92 Å². The number of nitrogens with zero attached hydrogens (tertiary/aromatic N) is 3. The van der Waals surface area contributed by atoms with Crippen LogP contribution in [0.15, 0.2) is 24.3 Å². The second-order valence-electron chi connectivity index (χ2n) is 9.91. The molecule has 1 aliphatic heterocycles. The van der Waals surface area contributed by atoms with Gasteiger partial charge in [0, 0.05) is 12.6 Å². The predicted molar refractivity (Wildman–Crippen MR) is 144 cm³/mol. The summed E-state index contributed by atoms with van der Waals surface area (Å²) in [4.78, 5) is 13.9. The maximum atomic E-state index is 11.6. The van der Waals surface area contributed by atoms with Gasteiger partial charge in [-0.2, -0.15) is 5.10 Å². The minimum absolute atomic E-state index is 0.0630. The fourth-order valence-corrected chi connectivity index (χ4v) is 5.09. The van der Waals surface area contributed by atoms with Crippen LogP contribution in [0.3, 0.4) is 0 Å². The van der Waals surface area contributed by atoms with Crippen molar-refractivity contribution in [2.45, 2.75) is 77.6 Å². The molecule has 1 fully saturated rings. The molecule has 0 bridgehead atoms. The highest BCUT2D eigenvalue weighted by Crippen LogP contribution is 2.39. The van der Waals surface area contributed by atoms with Gasteiger partial charge in [-0.05, 0) is 63.0 Å². The Morgan fingerprint density at radius 2 is 1.76 bits per heavy atom. The molecular formula is C28H44N4O5. The number of methoxy groups -OCH3 is 2. The predicted octanol–water partition coefficient (Wildman–Crippen LogP) is 4.30. The lowest BCUT2D eigenvalue weighted by Gasteiger charge is -2.28. The SMILES string of the molecule is CCC(CC)Cn1nc(C(O)N[C@@H](CCN2CCCCC2)CC(=O)O)cc1-c1c(OC)cccc1OC. The third kappa shape index (κ3) is 7.93. The van der Waals surface area contributed by atoms with Crippen LogP contribution in [0.2, 0.25) is 0 Å². The van der Waals surface area contributed by atoms with Gasteiger partial charge in [0.1, 0.15) is 23.4 Å². The molecule has 3 N–H and O–H groups in total. The summed E-state index contributed by atoms with van der Waals surface area (Å²) in [6, 6.07) is 7.11. The van der Waals surface area contributed by atoms with Crippen molar-refractivity contribution in [2.75, 3.05) is 33.9 Å². The van der Waals surface area contributed by atoms with Crippen LogP contribution in [0.1, 0.15) is 70.7 Å². The number of ether oxygens (including phenoxy) is 2. The minimum atomic E-state index is -1.10. The van der Waals surface area contributed by atoms with Crippen molar-refractivity contribution in [1.29, 1.82) is 0 Å². The molecule has 9 nitrogen and oxygen atoms in total. The lowest BCUT2D eigenvalue weighted by molar-refractivity contribution is -0.137. The van der Waals surface area contributed by atoms with Crippen molar-refractivity contribution in [3.8, 4) is 22.8 Å². The molecule has 1 aromatic heterocycles. The summed E-state index contributed by atoms with van der Waals surface area (Å²) >= 11 is 0. The smallest absolute Gasteiger partial charge is 0.304 e. The van der Waals surface area contributed by atoms with Crippen molar-refractivity contribution >= 4 is 5.97 Å². The molecule has 0 radical (unpaired) electrons. The fraction of sp³-hybridized carbons (Fsp3) is 0.643. The molecule has 9 heteroatoms. The number of likely N-dealkylation sites (tertiary alicyclic amines) is 1. The van der Waals surface area contributed by atoms with Gasteiger partial charge in [-0.1, -0.05) is 39.2 Å². The number of aliphatic hydroxyl groups is 1. The number of aliphatic carboxylic acids is 1. The summed E-state index contributed by atoms with van der Waals surface area (Å²) in [5.74, 6) is 0.845. The Hall–Kier alpha value is -2.62. The van der Waals surface area contributed by atoms with Crippen LogP contribution in [-0.4, -0.2) is 70.8 Å². The van der Waals surface area contributed by atoms with E-state index in [0.29, 0.717) is 36.1 Å². The molecule has 0 amide bonds. The van der Waals surface area contributed by atoms with Crippen molar-refractivity contribution < 1.29 is 24.5 Å². The van der Waals surface area contributed by atoms with Gasteiger partial charge in [0.2, 0.25) is 0 Å². The molecule has 2 aromatic rings. The lowest BCUT2D eigenvalue weighted by Crippen LogP contribution is -2.39. The number of rotatable bonds is 15. The number of carboxylic acid groups (broad SMARTS) is 1. The number of hydrogen-bond donors (Lipinski definition) is 3. The third-order valence-corrected chi connectivity index (χ3v) is 7.41.